The molecule has 5 nitrogen and oxygen atoms in total. The first-order valence-corrected chi connectivity index (χ1v) is 8.19. The molecular formula is C16H18BrNO4. The van der Waals surface area contributed by atoms with E-state index in [-0.39, 0.29) is 12.3 Å². The lowest BCUT2D eigenvalue weighted by atomic mass is 9.94. The van der Waals surface area contributed by atoms with Gasteiger partial charge in [-0.25, -0.2) is 0 Å². The van der Waals surface area contributed by atoms with Crippen molar-refractivity contribution in [3.05, 3.63) is 34.3 Å². The lowest BCUT2D eigenvalue weighted by molar-refractivity contribution is -0.149. The van der Waals surface area contributed by atoms with Crippen molar-refractivity contribution in [2.75, 3.05) is 19.7 Å². The first-order valence-electron chi connectivity index (χ1n) is 7.40. The van der Waals surface area contributed by atoms with Crippen molar-refractivity contribution in [2.45, 2.75) is 30.8 Å². The summed E-state index contributed by atoms with van der Waals surface area (Å²) in [5.74, 6) is -0.790. The summed E-state index contributed by atoms with van der Waals surface area (Å²) in [5.41, 5.74) is 0.633. The number of halogens is 1. The first kappa shape index (κ1) is 15.5. The van der Waals surface area contributed by atoms with Gasteiger partial charge in [0.1, 0.15) is 0 Å². The fourth-order valence-corrected chi connectivity index (χ4v) is 3.31. The van der Waals surface area contributed by atoms with Gasteiger partial charge in [0.2, 0.25) is 5.91 Å². The van der Waals surface area contributed by atoms with E-state index in [1.807, 2.05) is 24.3 Å². The van der Waals surface area contributed by atoms with Gasteiger partial charge in [-0.2, -0.15) is 0 Å². The molecule has 1 saturated carbocycles. The Labute approximate surface area is 137 Å². The Morgan fingerprint density at radius 2 is 2.00 bits per heavy atom. The van der Waals surface area contributed by atoms with Crippen molar-refractivity contribution < 1.29 is 19.4 Å². The summed E-state index contributed by atoms with van der Waals surface area (Å²) in [4.78, 5) is 25.5. The summed E-state index contributed by atoms with van der Waals surface area (Å²) < 4.78 is 6.44. The second-order valence-electron chi connectivity index (χ2n) is 5.93. The van der Waals surface area contributed by atoms with Gasteiger partial charge in [-0.05, 0) is 30.5 Å². The summed E-state index contributed by atoms with van der Waals surface area (Å²) in [6.45, 7) is 1.30. The normalized spacial score (nSPS) is 23.1. The van der Waals surface area contributed by atoms with E-state index in [0.717, 1.165) is 22.9 Å². The van der Waals surface area contributed by atoms with Crippen molar-refractivity contribution in [1.82, 2.24) is 4.90 Å². The summed E-state index contributed by atoms with van der Waals surface area (Å²) in [6, 6.07) is 7.89. The van der Waals surface area contributed by atoms with Crippen molar-refractivity contribution in [1.29, 1.82) is 0 Å². The maximum absolute atomic E-state index is 12.9. The topological polar surface area (TPSA) is 66.8 Å². The van der Waals surface area contributed by atoms with Crippen LogP contribution in [0.4, 0.5) is 0 Å². The van der Waals surface area contributed by atoms with Gasteiger partial charge >= 0.3 is 5.97 Å². The SMILES string of the molecule is O=C(O)C[C@@H]1CN(C(=O)C2(c3ccc(Br)cc3)CC2)CCO1. The monoisotopic (exact) mass is 367 g/mol. The highest BCUT2D eigenvalue weighted by atomic mass is 79.9. The van der Waals surface area contributed by atoms with Gasteiger partial charge < -0.3 is 14.7 Å². The number of benzene rings is 1. The lowest BCUT2D eigenvalue weighted by Crippen LogP contribution is -2.49. The third-order valence-corrected chi connectivity index (χ3v) is 4.91. The average molecular weight is 368 g/mol. The Kier molecular flexibility index (Phi) is 4.23. The highest BCUT2D eigenvalue weighted by Crippen LogP contribution is 2.50. The number of amides is 1. The number of aliphatic carboxylic acids is 1. The van der Waals surface area contributed by atoms with Gasteiger partial charge in [0.25, 0.3) is 0 Å². The first-order chi connectivity index (χ1) is 10.5. The molecule has 3 rings (SSSR count). The standard InChI is InChI=1S/C16H18BrNO4/c17-12-3-1-11(2-4-12)16(5-6-16)15(21)18-7-8-22-13(10-18)9-14(19)20/h1-4,13H,5-10H2,(H,19,20)/t13-/m1/s1. The molecular weight excluding hydrogens is 350 g/mol. The Balaban J connectivity index is 1.73. The van der Waals surface area contributed by atoms with Crippen LogP contribution >= 0.6 is 15.9 Å². The summed E-state index contributed by atoms with van der Waals surface area (Å²) in [7, 11) is 0. The number of carboxylic acids is 1. The molecule has 1 heterocycles. The molecule has 1 amide bonds. The Hall–Kier alpha value is -1.40. The lowest BCUT2D eigenvalue weighted by Gasteiger charge is -2.35. The second kappa shape index (κ2) is 6.01. The van der Waals surface area contributed by atoms with Crippen molar-refractivity contribution in [3.8, 4) is 0 Å². The Morgan fingerprint density at radius 3 is 2.59 bits per heavy atom. The van der Waals surface area contributed by atoms with Crippen LogP contribution in [0.2, 0.25) is 0 Å². The Morgan fingerprint density at radius 1 is 1.32 bits per heavy atom. The molecule has 22 heavy (non-hydrogen) atoms. The van der Waals surface area contributed by atoms with Gasteiger partial charge in [-0.3, -0.25) is 9.59 Å². The molecule has 1 aliphatic heterocycles. The van der Waals surface area contributed by atoms with Crippen LogP contribution in [-0.4, -0.2) is 47.7 Å². The van der Waals surface area contributed by atoms with Gasteiger partial charge in [0.05, 0.1) is 24.5 Å². The molecule has 1 atom stereocenters. The number of carbonyl (C=O) groups excluding carboxylic acids is 1. The van der Waals surface area contributed by atoms with Gasteiger partial charge in [-0.1, -0.05) is 28.1 Å². The minimum atomic E-state index is -0.895. The largest absolute Gasteiger partial charge is 0.481 e. The average Bonchev–Trinajstić information content (AvgIpc) is 3.28. The third kappa shape index (κ3) is 3.03. The van der Waals surface area contributed by atoms with E-state index in [9.17, 15) is 9.59 Å². The van der Waals surface area contributed by atoms with Crippen molar-refractivity contribution >= 4 is 27.8 Å². The smallest absolute Gasteiger partial charge is 0.306 e. The van der Waals surface area contributed by atoms with Crippen LogP contribution in [0.25, 0.3) is 0 Å². The number of carbonyl (C=O) groups is 2. The maximum Gasteiger partial charge on any atom is 0.306 e. The van der Waals surface area contributed by atoms with E-state index < -0.39 is 17.5 Å². The zero-order valence-electron chi connectivity index (χ0n) is 12.1. The van der Waals surface area contributed by atoms with Crippen LogP contribution in [0.15, 0.2) is 28.7 Å². The number of hydrogen-bond acceptors (Lipinski definition) is 3. The predicted octanol–water partition coefficient (Wildman–Crippen LogP) is 2.18. The number of nitrogens with zero attached hydrogens (tertiary/aromatic N) is 1. The molecule has 1 aliphatic carbocycles. The van der Waals surface area contributed by atoms with Crippen LogP contribution in [0.5, 0.6) is 0 Å². The molecule has 0 radical (unpaired) electrons. The number of morpholine rings is 1. The minimum absolute atomic E-state index is 0.0605. The molecule has 0 aromatic heterocycles. The molecule has 0 bridgehead atoms. The molecule has 118 valence electrons. The van der Waals surface area contributed by atoms with E-state index in [1.165, 1.54) is 0 Å². The van der Waals surface area contributed by atoms with Gasteiger partial charge in [0.15, 0.2) is 0 Å². The predicted molar refractivity (Wildman–Crippen MR) is 83.6 cm³/mol. The van der Waals surface area contributed by atoms with Crippen LogP contribution in [0.3, 0.4) is 0 Å². The highest BCUT2D eigenvalue weighted by Gasteiger charge is 2.53. The van der Waals surface area contributed by atoms with E-state index in [4.69, 9.17) is 9.84 Å². The van der Waals surface area contributed by atoms with Gasteiger partial charge in [0, 0.05) is 17.6 Å². The molecule has 1 N–H and O–H groups in total. The zero-order chi connectivity index (χ0) is 15.7. The number of carboxylic acid groups (broad SMARTS) is 1. The minimum Gasteiger partial charge on any atom is -0.481 e. The number of rotatable bonds is 4. The second-order valence-corrected chi connectivity index (χ2v) is 6.85. The number of ether oxygens (including phenoxy) is 1. The van der Waals surface area contributed by atoms with Gasteiger partial charge in [-0.15, -0.1) is 0 Å². The quantitative estimate of drug-likeness (QED) is 0.885. The van der Waals surface area contributed by atoms with E-state index in [2.05, 4.69) is 15.9 Å². The molecule has 2 fully saturated rings. The molecule has 0 unspecified atom stereocenters. The molecule has 1 aromatic rings. The van der Waals surface area contributed by atoms with E-state index in [0.29, 0.717) is 19.7 Å². The van der Waals surface area contributed by atoms with Crippen LogP contribution < -0.4 is 0 Å². The summed E-state index contributed by atoms with van der Waals surface area (Å²) in [5, 5.41) is 8.88. The van der Waals surface area contributed by atoms with Crippen LogP contribution in [0, 0.1) is 0 Å². The third-order valence-electron chi connectivity index (χ3n) is 4.38. The molecule has 1 aromatic carbocycles. The fourth-order valence-electron chi connectivity index (χ4n) is 3.04. The van der Waals surface area contributed by atoms with E-state index >= 15 is 0 Å². The number of hydrogen-bond donors (Lipinski definition) is 1. The summed E-state index contributed by atoms with van der Waals surface area (Å²) >= 11 is 3.41. The fraction of sp³-hybridized carbons (Fsp3) is 0.500. The maximum atomic E-state index is 12.9. The molecule has 2 aliphatic rings. The van der Waals surface area contributed by atoms with Crippen molar-refractivity contribution in [3.63, 3.8) is 0 Å². The van der Waals surface area contributed by atoms with E-state index in [1.54, 1.807) is 4.90 Å². The van der Waals surface area contributed by atoms with Crippen LogP contribution in [0.1, 0.15) is 24.8 Å². The molecule has 6 heteroatoms. The highest BCUT2D eigenvalue weighted by molar-refractivity contribution is 9.10. The molecule has 1 saturated heterocycles. The van der Waals surface area contributed by atoms with Crippen molar-refractivity contribution in [2.24, 2.45) is 0 Å². The zero-order valence-corrected chi connectivity index (χ0v) is 13.7. The van der Waals surface area contributed by atoms with Crippen LogP contribution in [-0.2, 0) is 19.7 Å². The molecule has 0 spiro atoms. The Bertz CT molecular complexity index is 582. The summed E-state index contributed by atoms with van der Waals surface area (Å²) in [6.07, 6.45) is 1.24.